The quantitative estimate of drug-likeness (QED) is 0.176. The predicted octanol–water partition coefficient (Wildman–Crippen LogP) is 9.48. The molecule has 0 N–H and O–H groups in total. The fraction of sp³-hybridized carbons (Fsp3) is 0.194. The third-order valence-corrected chi connectivity index (χ3v) is 7.41. The summed E-state index contributed by atoms with van der Waals surface area (Å²) >= 11 is 7.12. The molecule has 5 aromatic rings. The van der Waals surface area contributed by atoms with Crippen molar-refractivity contribution in [3.63, 3.8) is 0 Å². The van der Waals surface area contributed by atoms with Gasteiger partial charge in [0, 0.05) is 10.9 Å². The van der Waals surface area contributed by atoms with Gasteiger partial charge in [0.05, 0.1) is 17.2 Å². The van der Waals surface area contributed by atoms with Gasteiger partial charge >= 0.3 is 0 Å². The Morgan fingerprint density at radius 1 is 0.718 bits per heavy atom. The van der Waals surface area contributed by atoms with Gasteiger partial charge in [-0.3, -0.25) is 0 Å². The minimum absolute atomic E-state index is 0.260. The van der Waals surface area contributed by atoms with E-state index in [9.17, 15) is 0 Å². The van der Waals surface area contributed by atoms with Crippen molar-refractivity contribution in [3.05, 3.63) is 161 Å². The molecular formula is C36H34ClO2. The predicted molar refractivity (Wildman–Crippen MR) is 162 cm³/mol. The molecule has 1 atom stereocenters. The first-order valence-corrected chi connectivity index (χ1v) is 13.7. The smallest absolute Gasteiger partial charge is 0.143 e. The van der Waals surface area contributed by atoms with Crippen LogP contribution >= 0.6 is 11.6 Å². The molecule has 5 aromatic carbocycles. The fourth-order valence-electron chi connectivity index (χ4n) is 5.38. The molecule has 0 saturated carbocycles. The van der Waals surface area contributed by atoms with Crippen LogP contribution in [0, 0.1) is 13.8 Å². The van der Waals surface area contributed by atoms with Crippen LogP contribution < -0.4 is 0 Å². The summed E-state index contributed by atoms with van der Waals surface area (Å²) in [6, 6.07) is 41.5. The molecule has 0 amide bonds. The van der Waals surface area contributed by atoms with Crippen LogP contribution in [-0.2, 0) is 15.1 Å². The molecule has 2 nitrogen and oxygen atoms in total. The maximum absolute atomic E-state index is 7.16. The fourth-order valence-corrected chi connectivity index (χ4v) is 5.82. The van der Waals surface area contributed by atoms with E-state index in [1.165, 1.54) is 0 Å². The lowest BCUT2D eigenvalue weighted by Crippen LogP contribution is -2.36. The number of benzene rings is 5. The highest BCUT2D eigenvalue weighted by molar-refractivity contribution is 6.36. The van der Waals surface area contributed by atoms with Gasteiger partial charge in [-0.05, 0) is 55.3 Å². The second kappa shape index (κ2) is 11.4. The van der Waals surface area contributed by atoms with E-state index in [0.29, 0.717) is 5.02 Å². The number of aryl methyl sites for hydroxylation is 1. The highest BCUT2D eigenvalue weighted by atomic mass is 35.5. The number of fused-ring (bicyclic) bond motifs is 1. The van der Waals surface area contributed by atoms with Crippen molar-refractivity contribution in [2.24, 2.45) is 0 Å². The van der Waals surface area contributed by atoms with Gasteiger partial charge in [0.25, 0.3) is 0 Å². The summed E-state index contributed by atoms with van der Waals surface area (Å²) in [4.78, 5) is 0. The Hall–Kier alpha value is -3.43. The van der Waals surface area contributed by atoms with E-state index in [2.05, 4.69) is 105 Å². The first-order chi connectivity index (χ1) is 18.8. The summed E-state index contributed by atoms with van der Waals surface area (Å²) < 4.78 is 13.8. The van der Waals surface area contributed by atoms with Gasteiger partial charge in [-0.25, -0.2) is 0 Å². The molecule has 197 valence electrons. The largest absolute Gasteiger partial charge is 0.365 e. The molecule has 0 bridgehead atoms. The number of ether oxygens (including phenoxy) is 2. The van der Waals surface area contributed by atoms with E-state index >= 15 is 0 Å². The SMILES string of the molecule is [CH2]C(C)(C)O[C@H](COC(c1ccccc1)(c1ccccc1)c1ccccc1)c1c(C)cc2ccccc2c1Cl. The summed E-state index contributed by atoms with van der Waals surface area (Å²) in [5, 5.41) is 2.79. The molecule has 0 saturated heterocycles. The highest BCUT2D eigenvalue weighted by Gasteiger charge is 2.39. The van der Waals surface area contributed by atoms with Crippen molar-refractivity contribution in [1.29, 1.82) is 0 Å². The zero-order valence-corrected chi connectivity index (χ0v) is 23.5. The average Bonchev–Trinajstić information content (AvgIpc) is 2.94. The summed E-state index contributed by atoms with van der Waals surface area (Å²) in [6.07, 6.45) is -0.454. The number of halogens is 1. The van der Waals surface area contributed by atoms with Crippen LogP contribution in [0.25, 0.3) is 10.8 Å². The molecule has 0 aliphatic carbocycles. The normalized spacial score (nSPS) is 12.9. The van der Waals surface area contributed by atoms with E-state index in [1.54, 1.807) is 0 Å². The van der Waals surface area contributed by atoms with E-state index in [1.807, 2.05) is 44.2 Å². The third-order valence-electron chi connectivity index (χ3n) is 7.01. The average molecular weight is 534 g/mol. The van der Waals surface area contributed by atoms with Crippen molar-refractivity contribution >= 4 is 22.4 Å². The van der Waals surface area contributed by atoms with Crippen LogP contribution in [0.4, 0.5) is 0 Å². The lowest BCUT2D eigenvalue weighted by atomic mass is 9.80. The highest BCUT2D eigenvalue weighted by Crippen LogP contribution is 2.43. The number of hydrogen-bond donors (Lipinski definition) is 0. The van der Waals surface area contributed by atoms with Crippen LogP contribution in [0.2, 0.25) is 5.02 Å². The zero-order chi connectivity index (χ0) is 27.5. The van der Waals surface area contributed by atoms with Gasteiger partial charge in [-0.1, -0.05) is 133 Å². The molecule has 1 radical (unpaired) electrons. The lowest BCUT2D eigenvalue weighted by molar-refractivity contribution is -0.108. The Balaban J connectivity index is 1.67. The first kappa shape index (κ1) is 27.1. The molecule has 0 fully saturated rings. The van der Waals surface area contributed by atoms with Gasteiger partial charge in [-0.2, -0.15) is 0 Å². The van der Waals surface area contributed by atoms with Crippen LogP contribution in [0.15, 0.2) is 121 Å². The Bertz CT molecular complexity index is 1430. The first-order valence-electron chi connectivity index (χ1n) is 13.3. The van der Waals surface area contributed by atoms with Crippen LogP contribution in [0.5, 0.6) is 0 Å². The molecule has 0 aromatic heterocycles. The van der Waals surface area contributed by atoms with Crippen molar-refractivity contribution < 1.29 is 9.47 Å². The minimum atomic E-state index is -0.867. The molecule has 39 heavy (non-hydrogen) atoms. The van der Waals surface area contributed by atoms with Crippen molar-refractivity contribution in [1.82, 2.24) is 0 Å². The van der Waals surface area contributed by atoms with Gasteiger partial charge in [-0.15, -0.1) is 0 Å². The van der Waals surface area contributed by atoms with Gasteiger partial charge in [0.2, 0.25) is 0 Å². The lowest BCUT2D eigenvalue weighted by Gasteiger charge is -2.38. The molecule has 0 unspecified atom stereocenters. The topological polar surface area (TPSA) is 18.5 Å². The Labute approximate surface area is 237 Å². The van der Waals surface area contributed by atoms with Crippen LogP contribution in [0.1, 0.15) is 47.8 Å². The van der Waals surface area contributed by atoms with E-state index in [-0.39, 0.29) is 6.61 Å². The standard InChI is InChI=1S/C36H34ClO2/c1-26-24-27-16-14-15-23-31(27)34(37)33(26)32(39-35(2,3)4)25-38-36(28-17-8-5-9-18-28,29-19-10-6-11-20-29)30-21-12-7-13-22-30/h5-24,32H,2,25H2,1,3-4H3/t32-/m1/s1. The summed E-state index contributed by atoms with van der Waals surface area (Å²) in [5.74, 6) is 0. The van der Waals surface area contributed by atoms with E-state index in [0.717, 1.165) is 38.6 Å². The maximum atomic E-state index is 7.16. The van der Waals surface area contributed by atoms with E-state index < -0.39 is 17.3 Å². The van der Waals surface area contributed by atoms with Gasteiger partial charge in [0.15, 0.2) is 0 Å². The molecule has 3 heteroatoms. The molecule has 5 rings (SSSR count). The monoisotopic (exact) mass is 533 g/mol. The van der Waals surface area contributed by atoms with Crippen LogP contribution in [-0.4, -0.2) is 12.2 Å². The third kappa shape index (κ3) is 5.65. The molecule has 0 heterocycles. The van der Waals surface area contributed by atoms with Gasteiger partial charge in [0.1, 0.15) is 11.7 Å². The molecular weight excluding hydrogens is 500 g/mol. The Morgan fingerprint density at radius 3 is 1.67 bits per heavy atom. The van der Waals surface area contributed by atoms with Crippen LogP contribution in [0.3, 0.4) is 0 Å². The Kier molecular flexibility index (Phi) is 7.91. The summed E-state index contributed by atoms with van der Waals surface area (Å²) in [6.45, 7) is 10.5. The zero-order valence-electron chi connectivity index (χ0n) is 22.7. The van der Waals surface area contributed by atoms with Crippen molar-refractivity contribution in [2.75, 3.05) is 6.61 Å². The summed E-state index contributed by atoms with van der Waals surface area (Å²) in [5.41, 5.74) is 3.57. The number of rotatable bonds is 9. The van der Waals surface area contributed by atoms with Crippen molar-refractivity contribution in [2.45, 2.75) is 38.1 Å². The second-order valence-corrected chi connectivity index (χ2v) is 11.0. The molecule has 0 aliphatic heterocycles. The molecule has 0 aliphatic rings. The second-order valence-electron chi connectivity index (χ2n) is 10.6. The minimum Gasteiger partial charge on any atom is -0.365 e. The Morgan fingerprint density at radius 2 is 1.18 bits per heavy atom. The number of hydrogen-bond acceptors (Lipinski definition) is 2. The van der Waals surface area contributed by atoms with E-state index in [4.69, 9.17) is 21.1 Å². The maximum Gasteiger partial charge on any atom is 0.143 e. The van der Waals surface area contributed by atoms with Crippen molar-refractivity contribution in [3.8, 4) is 0 Å². The van der Waals surface area contributed by atoms with Gasteiger partial charge < -0.3 is 9.47 Å². The molecule has 0 spiro atoms. The summed E-state index contributed by atoms with van der Waals surface area (Å²) in [7, 11) is 0.